The van der Waals surface area contributed by atoms with E-state index >= 15 is 0 Å². The van der Waals surface area contributed by atoms with Gasteiger partial charge in [-0.05, 0) is 30.5 Å². The average molecular weight is 426 g/mol. The standard InChI is InChI=1S/C19H19F5N6/c20-18(21)10-30(7-5-12-1-3-13(4-2-12)19(22,23)24)8-6-15(18)28-16-14-9-27-29-17(14)26-11-25-16/h1-4,9,11,15H,5-8,10H2,(H2,25,26,27,28,29)/t15-/m1/s1. The molecule has 3 aromatic rings. The van der Waals surface area contributed by atoms with Crippen molar-refractivity contribution in [2.45, 2.75) is 31.0 Å². The van der Waals surface area contributed by atoms with E-state index in [1.54, 1.807) is 4.90 Å². The summed E-state index contributed by atoms with van der Waals surface area (Å²) in [5.74, 6) is -2.70. The van der Waals surface area contributed by atoms with Gasteiger partial charge in [-0.15, -0.1) is 0 Å². The Labute approximate surface area is 168 Å². The van der Waals surface area contributed by atoms with Crippen LogP contribution in [0.3, 0.4) is 0 Å². The van der Waals surface area contributed by atoms with Gasteiger partial charge in [-0.3, -0.25) is 10.00 Å². The van der Waals surface area contributed by atoms with Crippen molar-refractivity contribution < 1.29 is 22.0 Å². The van der Waals surface area contributed by atoms with Crippen LogP contribution in [0.15, 0.2) is 36.8 Å². The van der Waals surface area contributed by atoms with Crippen molar-refractivity contribution in [1.82, 2.24) is 25.1 Å². The molecule has 0 saturated carbocycles. The maximum absolute atomic E-state index is 14.7. The molecule has 2 aromatic heterocycles. The normalized spacial score (nSPS) is 19.8. The first-order valence-electron chi connectivity index (χ1n) is 9.39. The van der Waals surface area contributed by atoms with Crippen LogP contribution in [0.1, 0.15) is 17.5 Å². The fourth-order valence-electron chi connectivity index (χ4n) is 3.57. The van der Waals surface area contributed by atoms with E-state index in [1.807, 2.05) is 0 Å². The maximum Gasteiger partial charge on any atom is 0.416 e. The fraction of sp³-hybridized carbons (Fsp3) is 0.421. The number of fused-ring (bicyclic) bond motifs is 1. The van der Waals surface area contributed by atoms with Crippen LogP contribution >= 0.6 is 0 Å². The van der Waals surface area contributed by atoms with Crippen molar-refractivity contribution in [3.63, 3.8) is 0 Å². The topological polar surface area (TPSA) is 69.7 Å². The summed E-state index contributed by atoms with van der Waals surface area (Å²) in [6.45, 7) is 0.339. The Morgan fingerprint density at radius 1 is 1.17 bits per heavy atom. The lowest BCUT2D eigenvalue weighted by molar-refractivity contribution is -0.137. The molecule has 0 amide bonds. The Hall–Kier alpha value is -2.82. The largest absolute Gasteiger partial charge is 0.416 e. The summed E-state index contributed by atoms with van der Waals surface area (Å²) in [5.41, 5.74) is 0.417. The first-order valence-corrected chi connectivity index (χ1v) is 9.39. The highest BCUT2D eigenvalue weighted by atomic mass is 19.4. The van der Waals surface area contributed by atoms with Gasteiger partial charge in [0.2, 0.25) is 0 Å². The molecule has 160 valence electrons. The molecule has 1 atom stereocenters. The van der Waals surface area contributed by atoms with E-state index in [1.165, 1.54) is 24.7 Å². The number of likely N-dealkylation sites (tertiary alicyclic amines) is 1. The average Bonchev–Trinajstić information content (AvgIpc) is 3.17. The van der Waals surface area contributed by atoms with Gasteiger partial charge in [-0.25, -0.2) is 18.7 Å². The monoisotopic (exact) mass is 426 g/mol. The molecule has 0 unspecified atom stereocenters. The lowest BCUT2D eigenvalue weighted by Gasteiger charge is -2.38. The minimum atomic E-state index is -4.39. The summed E-state index contributed by atoms with van der Waals surface area (Å²) in [7, 11) is 0. The third-order valence-electron chi connectivity index (χ3n) is 5.24. The number of anilines is 1. The highest BCUT2D eigenvalue weighted by Gasteiger charge is 2.44. The van der Waals surface area contributed by atoms with Crippen LogP contribution < -0.4 is 5.32 Å². The van der Waals surface area contributed by atoms with E-state index in [0.717, 1.165) is 12.1 Å². The number of H-pyrrole nitrogens is 1. The maximum atomic E-state index is 14.7. The molecular weight excluding hydrogens is 407 g/mol. The second-order valence-electron chi connectivity index (χ2n) is 7.32. The van der Waals surface area contributed by atoms with E-state index in [0.29, 0.717) is 41.9 Å². The minimum Gasteiger partial charge on any atom is -0.360 e. The smallest absolute Gasteiger partial charge is 0.360 e. The Balaban J connectivity index is 1.35. The number of aromatic amines is 1. The van der Waals surface area contributed by atoms with Crippen molar-refractivity contribution in [3.8, 4) is 0 Å². The van der Waals surface area contributed by atoms with Gasteiger partial charge in [-0.2, -0.15) is 18.3 Å². The number of halogens is 5. The third-order valence-corrected chi connectivity index (χ3v) is 5.24. The van der Waals surface area contributed by atoms with E-state index in [-0.39, 0.29) is 6.42 Å². The first kappa shape index (κ1) is 20.5. The van der Waals surface area contributed by atoms with Crippen LogP contribution in [0.25, 0.3) is 11.0 Å². The molecule has 3 heterocycles. The summed E-state index contributed by atoms with van der Waals surface area (Å²) < 4.78 is 67.4. The van der Waals surface area contributed by atoms with Gasteiger partial charge in [-0.1, -0.05) is 12.1 Å². The molecule has 11 heteroatoms. The zero-order valence-electron chi connectivity index (χ0n) is 15.8. The van der Waals surface area contributed by atoms with Crippen molar-refractivity contribution in [3.05, 3.63) is 47.9 Å². The molecule has 0 radical (unpaired) electrons. The molecule has 1 saturated heterocycles. The predicted octanol–water partition coefficient (Wildman–Crippen LogP) is 3.74. The number of hydrogen-bond donors (Lipinski definition) is 2. The van der Waals surface area contributed by atoms with Crippen molar-refractivity contribution in [1.29, 1.82) is 0 Å². The van der Waals surface area contributed by atoms with Crippen LogP contribution in [0, 0.1) is 0 Å². The highest BCUT2D eigenvalue weighted by Crippen LogP contribution is 2.32. The summed E-state index contributed by atoms with van der Waals surface area (Å²) in [6.07, 6.45) is -1.03. The van der Waals surface area contributed by atoms with Crippen LogP contribution in [-0.2, 0) is 12.6 Å². The number of alkyl halides is 5. The number of aromatic nitrogens is 4. The van der Waals surface area contributed by atoms with Crippen molar-refractivity contribution in [2.24, 2.45) is 0 Å². The van der Waals surface area contributed by atoms with Gasteiger partial charge >= 0.3 is 6.18 Å². The van der Waals surface area contributed by atoms with Gasteiger partial charge < -0.3 is 5.32 Å². The van der Waals surface area contributed by atoms with Crippen LogP contribution in [0.4, 0.5) is 27.8 Å². The summed E-state index contributed by atoms with van der Waals surface area (Å²) in [4.78, 5) is 9.67. The predicted molar refractivity (Wildman–Crippen MR) is 100 cm³/mol. The summed E-state index contributed by atoms with van der Waals surface area (Å²) >= 11 is 0. The van der Waals surface area contributed by atoms with Gasteiger partial charge in [0.05, 0.1) is 29.7 Å². The Morgan fingerprint density at radius 3 is 2.63 bits per heavy atom. The molecule has 0 spiro atoms. The summed E-state index contributed by atoms with van der Waals surface area (Å²) in [5, 5.41) is 9.88. The molecule has 0 bridgehead atoms. The molecular formula is C19H19F5N6. The van der Waals surface area contributed by atoms with E-state index in [4.69, 9.17) is 0 Å². The molecule has 30 heavy (non-hydrogen) atoms. The molecule has 2 N–H and O–H groups in total. The number of nitrogens with one attached hydrogen (secondary N) is 2. The molecule has 1 aromatic carbocycles. The van der Waals surface area contributed by atoms with E-state index in [9.17, 15) is 22.0 Å². The summed E-state index contributed by atoms with van der Waals surface area (Å²) in [6, 6.07) is 3.71. The lowest BCUT2D eigenvalue weighted by atomic mass is 9.99. The van der Waals surface area contributed by atoms with Crippen molar-refractivity contribution in [2.75, 3.05) is 25.0 Å². The fourth-order valence-corrected chi connectivity index (χ4v) is 3.57. The van der Waals surface area contributed by atoms with Gasteiger partial charge in [0.15, 0.2) is 5.65 Å². The number of hydrogen-bond acceptors (Lipinski definition) is 5. The van der Waals surface area contributed by atoms with E-state index < -0.39 is 30.2 Å². The number of rotatable bonds is 5. The Morgan fingerprint density at radius 2 is 1.93 bits per heavy atom. The first-order chi connectivity index (χ1) is 14.2. The quantitative estimate of drug-likeness (QED) is 0.609. The minimum absolute atomic E-state index is 0.198. The zero-order chi connectivity index (χ0) is 21.4. The lowest BCUT2D eigenvalue weighted by Crippen LogP contribution is -2.54. The second-order valence-corrected chi connectivity index (χ2v) is 7.32. The zero-order valence-corrected chi connectivity index (χ0v) is 15.8. The van der Waals surface area contributed by atoms with Gasteiger partial charge in [0.25, 0.3) is 5.92 Å². The molecule has 0 aliphatic carbocycles. The Bertz CT molecular complexity index is 1000. The second kappa shape index (κ2) is 7.78. The molecule has 1 aliphatic heterocycles. The molecule has 4 rings (SSSR count). The van der Waals surface area contributed by atoms with E-state index in [2.05, 4.69) is 25.5 Å². The SMILES string of the molecule is FC(F)(F)c1ccc(CCN2CC[C@@H](Nc3ncnc4[nH]ncc34)C(F)(F)C2)cc1. The van der Waals surface area contributed by atoms with Crippen LogP contribution in [0.2, 0.25) is 0 Å². The number of nitrogens with zero attached hydrogens (tertiary/aromatic N) is 4. The van der Waals surface area contributed by atoms with Crippen LogP contribution in [-0.4, -0.2) is 56.7 Å². The van der Waals surface area contributed by atoms with Crippen molar-refractivity contribution >= 4 is 16.9 Å². The Kier molecular flexibility index (Phi) is 5.31. The van der Waals surface area contributed by atoms with Gasteiger partial charge in [0, 0.05) is 13.1 Å². The molecule has 1 aliphatic rings. The molecule has 1 fully saturated rings. The highest BCUT2D eigenvalue weighted by molar-refractivity contribution is 5.85. The number of benzene rings is 1. The third kappa shape index (κ3) is 4.35. The molecule has 6 nitrogen and oxygen atoms in total. The van der Waals surface area contributed by atoms with Gasteiger partial charge in [0.1, 0.15) is 12.1 Å². The van der Waals surface area contributed by atoms with Crippen LogP contribution in [0.5, 0.6) is 0 Å². The number of piperidine rings is 1.